The minimum Gasteiger partial charge on any atom is -0.398 e. The van der Waals surface area contributed by atoms with Gasteiger partial charge < -0.3 is 11.5 Å². The van der Waals surface area contributed by atoms with E-state index in [1.165, 1.54) is 0 Å². The Bertz CT molecular complexity index is 339. The fourth-order valence-corrected chi connectivity index (χ4v) is 1.53. The van der Waals surface area contributed by atoms with Crippen LogP contribution in [0.4, 0.5) is 5.69 Å². The molecular formula is C12H19N3O. The highest BCUT2D eigenvalue weighted by molar-refractivity contribution is 5.82. The molecule has 4 N–H and O–H groups in total. The fraction of sp³-hybridized carbons (Fsp3) is 0.500. The monoisotopic (exact) mass is 221 g/mol. The molecule has 1 aromatic rings. The van der Waals surface area contributed by atoms with Gasteiger partial charge in [0, 0.05) is 36.5 Å². The molecule has 0 radical (unpaired) electrons. The van der Waals surface area contributed by atoms with Crippen molar-refractivity contribution in [2.24, 2.45) is 5.73 Å². The van der Waals surface area contributed by atoms with Crippen LogP contribution in [0.2, 0.25) is 0 Å². The zero-order chi connectivity index (χ0) is 11.8. The SMILES string of the molecule is NCCCCCC(=O)Cc1cnccc1N. The number of nitrogens with zero attached hydrogens (tertiary/aromatic N) is 1. The molecule has 0 spiro atoms. The van der Waals surface area contributed by atoms with Gasteiger partial charge in [0.25, 0.3) is 0 Å². The summed E-state index contributed by atoms with van der Waals surface area (Å²) < 4.78 is 0. The van der Waals surface area contributed by atoms with Crippen LogP contribution in [0.5, 0.6) is 0 Å². The van der Waals surface area contributed by atoms with Crippen molar-refractivity contribution in [2.75, 3.05) is 12.3 Å². The van der Waals surface area contributed by atoms with Crippen LogP contribution < -0.4 is 11.5 Å². The quantitative estimate of drug-likeness (QED) is 0.680. The van der Waals surface area contributed by atoms with Gasteiger partial charge in [-0.2, -0.15) is 0 Å². The van der Waals surface area contributed by atoms with E-state index < -0.39 is 0 Å². The van der Waals surface area contributed by atoms with E-state index in [0.29, 0.717) is 25.1 Å². The normalized spacial score (nSPS) is 10.3. The number of Topliss-reactive ketones (excluding diaryl/α,β-unsaturated/α-hetero) is 1. The minimum absolute atomic E-state index is 0.219. The summed E-state index contributed by atoms with van der Waals surface area (Å²) in [5.41, 5.74) is 12.6. The second kappa shape index (κ2) is 6.95. The molecule has 0 fully saturated rings. The van der Waals surface area contributed by atoms with E-state index in [9.17, 15) is 4.79 Å². The number of pyridine rings is 1. The first-order valence-electron chi connectivity index (χ1n) is 5.64. The third-order valence-corrected chi connectivity index (χ3v) is 2.49. The Labute approximate surface area is 96.0 Å². The number of carbonyl (C=O) groups is 1. The first-order chi connectivity index (χ1) is 7.74. The van der Waals surface area contributed by atoms with E-state index in [1.54, 1.807) is 18.5 Å². The lowest BCUT2D eigenvalue weighted by atomic mass is 10.0. The zero-order valence-corrected chi connectivity index (χ0v) is 9.48. The van der Waals surface area contributed by atoms with Crippen molar-refractivity contribution >= 4 is 11.5 Å². The number of aromatic nitrogens is 1. The molecule has 4 nitrogen and oxygen atoms in total. The maximum absolute atomic E-state index is 11.6. The Hall–Kier alpha value is -1.42. The predicted octanol–water partition coefficient (Wildman–Crippen LogP) is 1.29. The predicted molar refractivity (Wildman–Crippen MR) is 64.9 cm³/mol. The summed E-state index contributed by atoms with van der Waals surface area (Å²) in [6.45, 7) is 0.698. The zero-order valence-electron chi connectivity index (χ0n) is 9.48. The lowest BCUT2D eigenvalue weighted by molar-refractivity contribution is -0.118. The number of rotatable bonds is 7. The van der Waals surface area contributed by atoms with Crippen LogP contribution in [-0.2, 0) is 11.2 Å². The topological polar surface area (TPSA) is 82.0 Å². The summed E-state index contributed by atoms with van der Waals surface area (Å²) in [6, 6.07) is 1.72. The smallest absolute Gasteiger partial charge is 0.137 e. The van der Waals surface area contributed by atoms with E-state index in [1.807, 2.05) is 0 Å². The van der Waals surface area contributed by atoms with Gasteiger partial charge in [-0.3, -0.25) is 9.78 Å². The molecule has 1 heterocycles. The van der Waals surface area contributed by atoms with Crippen LogP contribution in [0.25, 0.3) is 0 Å². The number of unbranched alkanes of at least 4 members (excludes halogenated alkanes) is 2. The maximum Gasteiger partial charge on any atom is 0.137 e. The van der Waals surface area contributed by atoms with Crippen LogP contribution in [0, 0.1) is 0 Å². The van der Waals surface area contributed by atoms with Crippen molar-refractivity contribution < 1.29 is 4.79 Å². The molecule has 0 saturated heterocycles. The van der Waals surface area contributed by atoms with Crippen molar-refractivity contribution in [1.29, 1.82) is 0 Å². The molecule has 88 valence electrons. The third-order valence-electron chi connectivity index (χ3n) is 2.49. The summed E-state index contributed by atoms with van der Waals surface area (Å²) in [6.07, 6.45) is 7.21. The van der Waals surface area contributed by atoms with E-state index >= 15 is 0 Å². The number of hydrogen-bond acceptors (Lipinski definition) is 4. The standard InChI is InChI=1S/C12H19N3O/c13-6-3-1-2-4-11(16)8-10-9-15-7-5-12(10)14/h5,7,9H,1-4,6,8,13H2,(H2,14,15). The Balaban J connectivity index is 2.32. The van der Waals surface area contributed by atoms with Gasteiger partial charge in [-0.05, 0) is 25.5 Å². The molecule has 16 heavy (non-hydrogen) atoms. The summed E-state index contributed by atoms with van der Waals surface area (Å²) in [5.74, 6) is 0.219. The average molecular weight is 221 g/mol. The van der Waals surface area contributed by atoms with Gasteiger partial charge >= 0.3 is 0 Å². The Morgan fingerprint density at radius 3 is 2.81 bits per heavy atom. The average Bonchev–Trinajstić information content (AvgIpc) is 2.28. The van der Waals surface area contributed by atoms with Crippen molar-refractivity contribution in [1.82, 2.24) is 4.98 Å². The molecule has 0 aliphatic heterocycles. The molecule has 0 amide bonds. The highest BCUT2D eigenvalue weighted by Crippen LogP contribution is 2.11. The molecule has 0 aromatic carbocycles. The lowest BCUT2D eigenvalue weighted by Crippen LogP contribution is -2.06. The number of ketones is 1. The molecule has 0 saturated carbocycles. The molecule has 0 unspecified atom stereocenters. The highest BCUT2D eigenvalue weighted by Gasteiger charge is 2.06. The maximum atomic E-state index is 11.6. The van der Waals surface area contributed by atoms with Gasteiger partial charge in [-0.25, -0.2) is 0 Å². The summed E-state index contributed by atoms with van der Waals surface area (Å²) in [7, 11) is 0. The number of anilines is 1. The number of hydrogen-bond donors (Lipinski definition) is 2. The van der Waals surface area contributed by atoms with Crippen LogP contribution in [0.1, 0.15) is 31.2 Å². The van der Waals surface area contributed by atoms with Gasteiger partial charge in [0.2, 0.25) is 0 Å². The van der Waals surface area contributed by atoms with Crippen molar-refractivity contribution in [3.63, 3.8) is 0 Å². The molecular weight excluding hydrogens is 202 g/mol. The second-order valence-electron chi connectivity index (χ2n) is 3.89. The summed E-state index contributed by atoms with van der Waals surface area (Å²) in [5, 5.41) is 0. The Morgan fingerprint density at radius 2 is 2.12 bits per heavy atom. The van der Waals surface area contributed by atoms with E-state index in [0.717, 1.165) is 24.8 Å². The largest absolute Gasteiger partial charge is 0.398 e. The van der Waals surface area contributed by atoms with Gasteiger partial charge in [0.15, 0.2) is 0 Å². The fourth-order valence-electron chi connectivity index (χ4n) is 1.53. The van der Waals surface area contributed by atoms with Crippen molar-refractivity contribution in [3.05, 3.63) is 24.0 Å². The molecule has 0 atom stereocenters. The third kappa shape index (κ3) is 4.40. The van der Waals surface area contributed by atoms with Gasteiger partial charge in [0.1, 0.15) is 5.78 Å². The first kappa shape index (κ1) is 12.6. The van der Waals surface area contributed by atoms with Gasteiger partial charge in [-0.15, -0.1) is 0 Å². The van der Waals surface area contributed by atoms with Crippen molar-refractivity contribution in [3.8, 4) is 0 Å². The van der Waals surface area contributed by atoms with Crippen LogP contribution in [0.15, 0.2) is 18.5 Å². The Kier molecular flexibility index (Phi) is 5.50. The summed E-state index contributed by atoms with van der Waals surface area (Å²) >= 11 is 0. The molecule has 0 aliphatic carbocycles. The second-order valence-corrected chi connectivity index (χ2v) is 3.89. The molecule has 0 bridgehead atoms. The van der Waals surface area contributed by atoms with E-state index in [4.69, 9.17) is 11.5 Å². The van der Waals surface area contributed by atoms with Crippen LogP contribution in [-0.4, -0.2) is 17.3 Å². The lowest BCUT2D eigenvalue weighted by Gasteiger charge is -2.03. The highest BCUT2D eigenvalue weighted by atomic mass is 16.1. The number of nitrogen functional groups attached to an aromatic ring is 1. The van der Waals surface area contributed by atoms with E-state index in [-0.39, 0.29) is 5.78 Å². The van der Waals surface area contributed by atoms with Gasteiger partial charge in [-0.1, -0.05) is 6.42 Å². The van der Waals surface area contributed by atoms with Crippen LogP contribution >= 0.6 is 0 Å². The van der Waals surface area contributed by atoms with Crippen molar-refractivity contribution in [2.45, 2.75) is 32.1 Å². The van der Waals surface area contributed by atoms with Crippen LogP contribution in [0.3, 0.4) is 0 Å². The number of nitrogens with two attached hydrogens (primary N) is 2. The van der Waals surface area contributed by atoms with Gasteiger partial charge in [0.05, 0.1) is 0 Å². The molecule has 1 aromatic heterocycles. The molecule has 1 rings (SSSR count). The summed E-state index contributed by atoms with van der Waals surface area (Å²) in [4.78, 5) is 15.6. The van der Waals surface area contributed by atoms with E-state index in [2.05, 4.69) is 4.98 Å². The molecule has 0 aliphatic rings. The minimum atomic E-state index is 0.219. The Morgan fingerprint density at radius 1 is 1.31 bits per heavy atom. The number of carbonyl (C=O) groups excluding carboxylic acids is 1. The molecule has 4 heteroatoms. The first-order valence-corrected chi connectivity index (χ1v) is 5.64.